The van der Waals surface area contributed by atoms with E-state index in [4.69, 9.17) is 4.74 Å². The maximum absolute atomic E-state index is 12.2. The van der Waals surface area contributed by atoms with Crippen molar-refractivity contribution < 1.29 is 38.0 Å². The normalized spacial score (nSPS) is 23.2. The summed E-state index contributed by atoms with van der Waals surface area (Å²) in [5, 5.41) is 0. The lowest BCUT2D eigenvalue weighted by atomic mass is 10.0. The van der Waals surface area contributed by atoms with Crippen molar-refractivity contribution in [1.29, 1.82) is 0 Å². The van der Waals surface area contributed by atoms with Gasteiger partial charge in [-0.25, -0.2) is 4.79 Å². The maximum Gasteiger partial charge on any atom is 0.393 e. The molecule has 3 rings (SSSR count). The fourth-order valence-corrected chi connectivity index (χ4v) is 3.19. The van der Waals surface area contributed by atoms with E-state index in [1.807, 2.05) is 36.4 Å². The molecule has 108 valence electrons. The number of nitrogens with zero attached hydrogens (tertiary/aromatic N) is 1. The highest BCUT2D eigenvalue weighted by atomic mass is 127. The summed E-state index contributed by atoms with van der Waals surface area (Å²) in [6, 6.07) is 10.1. The van der Waals surface area contributed by atoms with E-state index in [0.717, 1.165) is 35.4 Å². The number of morpholine rings is 1. The van der Waals surface area contributed by atoms with Crippen LogP contribution in [0.1, 0.15) is 24.8 Å². The van der Waals surface area contributed by atoms with Gasteiger partial charge < -0.3 is 28.7 Å². The molecule has 2 aliphatic rings. The minimum Gasteiger partial charge on any atom is -1.00 e. The first-order chi connectivity index (χ1) is 9.30. The van der Waals surface area contributed by atoms with Gasteiger partial charge >= 0.3 is 5.97 Å². The van der Waals surface area contributed by atoms with E-state index >= 15 is 0 Å². The molecule has 0 aliphatic carbocycles. The van der Waals surface area contributed by atoms with Gasteiger partial charge in [0.05, 0.1) is 13.1 Å². The molecule has 0 N–H and O–H groups in total. The van der Waals surface area contributed by atoms with Gasteiger partial charge in [-0.15, -0.1) is 0 Å². The topological polar surface area (TPSA) is 26.3 Å². The zero-order chi connectivity index (χ0) is 13.1. The molecule has 1 aromatic carbocycles. The van der Waals surface area contributed by atoms with E-state index in [9.17, 15) is 4.79 Å². The average Bonchev–Trinajstić information content (AvgIpc) is 2.45. The molecule has 2 heterocycles. The second kappa shape index (κ2) is 6.72. The Bertz CT molecular complexity index is 487. The van der Waals surface area contributed by atoms with Gasteiger partial charge in [0.15, 0.2) is 0 Å². The Labute approximate surface area is 137 Å². The largest absolute Gasteiger partial charge is 1.00 e. The highest BCUT2D eigenvalue weighted by Gasteiger charge is 2.42. The molecule has 2 fully saturated rings. The number of piperidine rings is 1. The quantitative estimate of drug-likeness (QED) is 0.285. The molecule has 0 atom stereocenters. The van der Waals surface area contributed by atoms with E-state index < -0.39 is 0 Å². The summed E-state index contributed by atoms with van der Waals surface area (Å²) in [6.45, 7) is 3.65. The van der Waals surface area contributed by atoms with Crippen LogP contribution in [-0.2, 0) is 9.53 Å². The summed E-state index contributed by atoms with van der Waals surface area (Å²) in [6.07, 6.45) is 5.72. The molecule has 0 unspecified atom stereocenters. The van der Waals surface area contributed by atoms with Crippen molar-refractivity contribution in [3.8, 4) is 0 Å². The molecule has 2 saturated heterocycles. The van der Waals surface area contributed by atoms with Crippen molar-refractivity contribution in [3.05, 3.63) is 41.6 Å². The standard InChI is InChI=1S/C16H20NO2.HI/c18-16-15(13-14-7-3-1-4-8-14)17(11-12-19-16)9-5-2-6-10-17;/h1,3-4,7-8,13H,2,5-6,9-12H2;1H/q+1;/p-1. The Hall–Kier alpha value is -0.880. The number of carbonyl (C=O) groups excluding carboxylic acids is 1. The van der Waals surface area contributed by atoms with Gasteiger partial charge in [-0.05, 0) is 24.8 Å². The third kappa shape index (κ3) is 3.06. The highest BCUT2D eigenvalue weighted by molar-refractivity contribution is 5.91. The molecule has 0 amide bonds. The van der Waals surface area contributed by atoms with Crippen molar-refractivity contribution in [2.45, 2.75) is 19.3 Å². The Morgan fingerprint density at radius 1 is 1.00 bits per heavy atom. The van der Waals surface area contributed by atoms with Crippen LogP contribution in [0, 0.1) is 0 Å². The number of hydrogen-bond donors (Lipinski definition) is 0. The van der Waals surface area contributed by atoms with Gasteiger partial charge in [0.1, 0.15) is 13.2 Å². The molecule has 0 aromatic heterocycles. The van der Waals surface area contributed by atoms with E-state index in [2.05, 4.69) is 0 Å². The lowest BCUT2D eigenvalue weighted by Crippen LogP contribution is -3.00. The molecule has 3 nitrogen and oxygen atoms in total. The number of benzene rings is 1. The number of ether oxygens (including phenoxy) is 1. The Balaban J connectivity index is 0.00000147. The van der Waals surface area contributed by atoms with Crippen LogP contribution < -0.4 is 24.0 Å². The second-order valence-corrected chi connectivity index (χ2v) is 5.45. The molecule has 20 heavy (non-hydrogen) atoms. The zero-order valence-electron chi connectivity index (χ0n) is 11.6. The van der Waals surface area contributed by atoms with Crippen LogP contribution in [0.15, 0.2) is 36.0 Å². The number of hydrogen-bond acceptors (Lipinski definition) is 2. The van der Waals surface area contributed by atoms with Gasteiger partial charge in [-0.3, -0.25) is 4.48 Å². The maximum atomic E-state index is 12.2. The van der Waals surface area contributed by atoms with Crippen LogP contribution in [0.25, 0.3) is 6.08 Å². The van der Waals surface area contributed by atoms with Crippen molar-refractivity contribution in [1.82, 2.24) is 0 Å². The number of esters is 1. The van der Waals surface area contributed by atoms with E-state index in [1.54, 1.807) is 0 Å². The third-order valence-electron chi connectivity index (χ3n) is 4.25. The summed E-state index contributed by atoms with van der Waals surface area (Å²) < 4.78 is 6.09. The Morgan fingerprint density at radius 2 is 1.70 bits per heavy atom. The number of cyclic esters (lactones) is 1. The van der Waals surface area contributed by atoms with Crippen LogP contribution in [0.5, 0.6) is 0 Å². The van der Waals surface area contributed by atoms with Crippen molar-refractivity contribution >= 4 is 12.0 Å². The van der Waals surface area contributed by atoms with Gasteiger partial charge in [0, 0.05) is 6.08 Å². The monoisotopic (exact) mass is 385 g/mol. The van der Waals surface area contributed by atoms with Crippen LogP contribution in [0.2, 0.25) is 0 Å². The molecule has 0 saturated carbocycles. The Kier molecular flexibility index (Phi) is 5.21. The predicted molar refractivity (Wildman–Crippen MR) is 74.1 cm³/mol. The number of rotatable bonds is 1. The van der Waals surface area contributed by atoms with Crippen molar-refractivity contribution in [2.75, 3.05) is 26.2 Å². The second-order valence-electron chi connectivity index (χ2n) is 5.45. The van der Waals surface area contributed by atoms with Crippen LogP contribution in [0.4, 0.5) is 0 Å². The van der Waals surface area contributed by atoms with Gasteiger partial charge in [0.2, 0.25) is 5.70 Å². The summed E-state index contributed by atoms with van der Waals surface area (Å²) >= 11 is 0. The summed E-state index contributed by atoms with van der Waals surface area (Å²) in [5.41, 5.74) is 1.93. The van der Waals surface area contributed by atoms with Gasteiger partial charge in [-0.2, -0.15) is 0 Å². The first-order valence-electron chi connectivity index (χ1n) is 7.11. The minimum atomic E-state index is -0.128. The minimum absolute atomic E-state index is 0. The van der Waals surface area contributed by atoms with Crippen molar-refractivity contribution in [2.24, 2.45) is 0 Å². The van der Waals surface area contributed by atoms with Crippen LogP contribution in [0.3, 0.4) is 0 Å². The first kappa shape index (κ1) is 15.5. The molecular formula is C16H20INO2. The number of quaternary nitrogens is 1. The van der Waals surface area contributed by atoms with Gasteiger partial charge in [0.25, 0.3) is 0 Å². The number of carbonyl (C=O) groups is 1. The molecule has 4 heteroatoms. The summed E-state index contributed by atoms with van der Waals surface area (Å²) in [4.78, 5) is 12.2. The first-order valence-corrected chi connectivity index (χ1v) is 7.11. The van der Waals surface area contributed by atoms with E-state index in [1.165, 1.54) is 19.3 Å². The Morgan fingerprint density at radius 3 is 2.40 bits per heavy atom. The van der Waals surface area contributed by atoms with Gasteiger partial charge in [-0.1, -0.05) is 30.3 Å². The van der Waals surface area contributed by atoms with E-state index in [0.29, 0.717) is 6.61 Å². The van der Waals surface area contributed by atoms with Crippen molar-refractivity contribution in [3.63, 3.8) is 0 Å². The molecular weight excluding hydrogens is 365 g/mol. The van der Waals surface area contributed by atoms with Crippen LogP contribution >= 0.6 is 0 Å². The molecule has 2 aliphatic heterocycles. The van der Waals surface area contributed by atoms with E-state index in [-0.39, 0.29) is 29.9 Å². The predicted octanol–water partition coefficient (Wildman–Crippen LogP) is -0.411. The molecule has 1 spiro atoms. The lowest BCUT2D eigenvalue weighted by molar-refractivity contribution is -0.896. The third-order valence-corrected chi connectivity index (χ3v) is 4.25. The smallest absolute Gasteiger partial charge is 0.393 e. The fourth-order valence-electron chi connectivity index (χ4n) is 3.19. The molecule has 1 aromatic rings. The summed E-state index contributed by atoms with van der Waals surface area (Å²) in [5.74, 6) is -0.128. The zero-order valence-corrected chi connectivity index (χ0v) is 13.7. The average molecular weight is 385 g/mol. The molecule has 0 bridgehead atoms. The lowest BCUT2D eigenvalue weighted by Gasteiger charge is -2.43. The SMILES string of the molecule is O=C1OCC[N+]2(CCCCC2)C1=Cc1ccccc1.[I-]. The summed E-state index contributed by atoms with van der Waals surface area (Å²) in [7, 11) is 0. The fraction of sp³-hybridized carbons (Fsp3) is 0.438. The molecule has 0 radical (unpaired) electrons. The van der Waals surface area contributed by atoms with Crippen LogP contribution in [-0.4, -0.2) is 36.7 Å². The number of halogens is 1. The highest BCUT2D eigenvalue weighted by Crippen LogP contribution is 2.30.